The number of benzene rings is 4. The highest BCUT2D eigenvalue weighted by Crippen LogP contribution is 2.55. The predicted molar refractivity (Wildman–Crippen MR) is 167 cm³/mol. The van der Waals surface area contributed by atoms with E-state index in [9.17, 15) is 10.2 Å². The Morgan fingerprint density at radius 2 is 1.02 bits per heavy atom. The number of ether oxygens (including phenoxy) is 2. The molecule has 0 saturated carbocycles. The van der Waals surface area contributed by atoms with Crippen LogP contribution in [-0.2, 0) is 25.7 Å². The maximum Gasteiger partial charge on any atom is 0.166 e. The first-order chi connectivity index (χ1) is 20.4. The van der Waals surface area contributed by atoms with E-state index in [1.54, 1.807) is 14.2 Å². The van der Waals surface area contributed by atoms with Gasteiger partial charge in [0.1, 0.15) is 0 Å². The SMILES string of the molecule is COc1cc2c(c(-c3c(O)c(OC)cc4c3[C@H](Cc3ccccc3)N(C)CC4)c1O)[C@H](Cc1ccccc1)N(C)CC2. The van der Waals surface area contributed by atoms with Gasteiger partial charge in [-0.2, -0.15) is 0 Å². The van der Waals surface area contributed by atoms with Gasteiger partial charge in [-0.25, -0.2) is 0 Å². The monoisotopic (exact) mass is 564 g/mol. The summed E-state index contributed by atoms with van der Waals surface area (Å²) in [5.74, 6) is 0.960. The minimum absolute atomic E-state index is 0.00176. The van der Waals surface area contributed by atoms with Crippen molar-refractivity contribution in [3.8, 4) is 34.1 Å². The molecule has 0 fully saturated rings. The standard InChI is InChI=1S/C36H40N2O4/c1-37-17-15-25-21-29(41-3)35(39)33(31(25)27(37)19-23-11-7-5-8-12-23)34-32-26(22-30(42-4)36(34)40)16-18-38(2)28(32)20-24-13-9-6-10-14-24/h5-14,21-22,27-28,39-40H,15-20H2,1-4H3/t27-,28-/m0/s1. The number of methoxy groups -OCH3 is 2. The van der Waals surface area contributed by atoms with Gasteiger partial charge >= 0.3 is 0 Å². The normalized spacial score (nSPS) is 18.8. The number of rotatable bonds is 7. The Hall–Kier alpha value is -4.00. The fourth-order valence-electron chi connectivity index (χ4n) is 6.96. The molecule has 0 aliphatic carbocycles. The highest BCUT2D eigenvalue weighted by atomic mass is 16.5. The molecule has 4 aromatic rings. The number of fused-ring (bicyclic) bond motifs is 2. The van der Waals surface area contributed by atoms with Crippen LogP contribution in [-0.4, -0.2) is 61.4 Å². The van der Waals surface area contributed by atoms with E-state index in [0.717, 1.165) is 61.0 Å². The molecule has 0 amide bonds. The molecule has 2 aliphatic rings. The Morgan fingerprint density at radius 3 is 1.38 bits per heavy atom. The summed E-state index contributed by atoms with van der Waals surface area (Å²) in [4.78, 5) is 4.73. The van der Waals surface area contributed by atoms with Gasteiger partial charge in [-0.3, -0.25) is 9.80 Å². The Labute approximate surface area is 248 Å². The zero-order valence-corrected chi connectivity index (χ0v) is 24.9. The number of phenolic OH excluding ortho intramolecular Hbond substituents is 2. The molecule has 6 rings (SSSR count). The molecule has 4 aromatic carbocycles. The van der Waals surface area contributed by atoms with Crippen LogP contribution in [0.25, 0.3) is 11.1 Å². The van der Waals surface area contributed by atoms with Crippen LogP contribution in [0.2, 0.25) is 0 Å². The summed E-state index contributed by atoms with van der Waals surface area (Å²) >= 11 is 0. The zero-order chi connectivity index (χ0) is 29.4. The molecule has 6 heteroatoms. The Morgan fingerprint density at radius 1 is 0.643 bits per heavy atom. The largest absolute Gasteiger partial charge is 0.504 e. The molecule has 6 nitrogen and oxygen atoms in total. The van der Waals surface area contributed by atoms with Gasteiger partial charge in [0.25, 0.3) is 0 Å². The van der Waals surface area contributed by atoms with E-state index in [2.05, 4.69) is 72.4 Å². The second kappa shape index (κ2) is 11.7. The summed E-state index contributed by atoms with van der Waals surface area (Å²) in [5.41, 5.74) is 8.11. The predicted octanol–water partition coefficient (Wildman–Crippen LogP) is 6.33. The van der Waals surface area contributed by atoms with Crippen LogP contribution in [0, 0.1) is 0 Å². The Balaban J connectivity index is 1.64. The van der Waals surface area contributed by atoms with Crippen molar-refractivity contribution < 1.29 is 19.7 Å². The van der Waals surface area contributed by atoms with Crippen molar-refractivity contribution in [3.05, 3.63) is 106 Å². The van der Waals surface area contributed by atoms with Crippen molar-refractivity contribution >= 4 is 0 Å². The van der Waals surface area contributed by atoms with Crippen molar-refractivity contribution in [1.29, 1.82) is 0 Å². The maximum absolute atomic E-state index is 12.0. The number of likely N-dealkylation sites (N-methyl/N-ethyl adjacent to an activating group) is 2. The van der Waals surface area contributed by atoms with Crippen molar-refractivity contribution in [1.82, 2.24) is 9.80 Å². The van der Waals surface area contributed by atoms with Crippen LogP contribution in [0.4, 0.5) is 0 Å². The number of hydrogen-bond acceptors (Lipinski definition) is 6. The molecule has 2 aliphatic heterocycles. The zero-order valence-electron chi connectivity index (χ0n) is 24.9. The average molecular weight is 565 g/mol. The molecule has 42 heavy (non-hydrogen) atoms. The van der Waals surface area contributed by atoms with Gasteiger partial charge in [0, 0.05) is 36.3 Å². The molecule has 218 valence electrons. The molecule has 0 aromatic heterocycles. The first-order valence-corrected chi connectivity index (χ1v) is 14.7. The summed E-state index contributed by atoms with van der Waals surface area (Å²) in [7, 11) is 7.48. The lowest BCUT2D eigenvalue weighted by Crippen LogP contribution is -2.35. The van der Waals surface area contributed by atoms with Crippen LogP contribution in [0.1, 0.15) is 45.5 Å². The van der Waals surface area contributed by atoms with E-state index in [4.69, 9.17) is 9.47 Å². The number of aromatic hydroxyl groups is 2. The highest BCUT2D eigenvalue weighted by Gasteiger charge is 2.37. The second-order valence-corrected chi connectivity index (χ2v) is 11.6. The topological polar surface area (TPSA) is 65.4 Å². The fraction of sp³-hybridized carbons (Fsp3) is 0.333. The van der Waals surface area contributed by atoms with Gasteiger partial charge in [0.2, 0.25) is 0 Å². The first-order valence-electron chi connectivity index (χ1n) is 14.7. The van der Waals surface area contributed by atoms with Crippen molar-refractivity contribution in [2.75, 3.05) is 41.4 Å². The summed E-state index contributed by atoms with van der Waals surface area (Å²) in [6.07, 6.45) is 3.20. The Kier molecular flexibility index (Phi) is 7.84. The number of nitrogens with zero attached hydrogens (tertiary/aromatic N) is 2. The van der Waals surface area contributed by atoms with Gasteiger partial charge in [-0.15, -0.1) is 0 Å². The highest BCUT2D eigenvalue weighted by molar-refractivity contribution is 5.88. The third kappa shape index (κ3) is 4.99. The molecule has 0 saturated heterocycles. The van der Waals surface area contributed by atoms with Gasteiger partial charge < -0.3 is 19.7 Å². The van der Waals surface area contributed by atoms with Gasteiger partial charge in [0.15, 0.2) is 23.0 Å². The van der Waals surface area contributed by atoms with Crippen LogP contribution >= 0.6 is 0 Å². The second-order valence-electron chi connectivity index (χ2n) is 11.6. The third-order valence-corrected chi connectivity index (χ3v) is 9.21. The van der Waals surface area contributed by atoms with Crippen LogP contribution in [0.15, 0.2) is 72.8 Å². The van der Waals surface area contributed by atoms with Gasteiger partial charge in [-0.1, -0.05) is 60.7 Å². The van der Waals surface area contributed by atoms with E-state index < -0.39 is 0 Å². The molecule has 2 atom stereocenters. The number of phenols is 2. The maximum atomic E-state index is 12.0. The smallest absolute Gasteiger partial charge is 0.166 e. The third-order valence-electron chi connectivity index (χ3n) is 9.21. The Bertz CT molecular complexity index is 1450. The molecular formula is C36H40N2O4. The van der Waals surface area contributed by atoms with Gasteiger partial charge in [0.05, 0.1) is 14.2 Å². The lowest BCUT2D eigenvalue weighted by atomic mass is 9.77. The number of hydrogen-bond donors (Lipinski definition) is 2. The van der Waals surface area contributed by atoms with Crippen molar-refractivity contribution in [2.24, 2.45) is 0 Å². The van der Waals surface area contributed by atoms with Crippen molar-refractivity contribution in [3.63, 3.8) is 0 Å². The van der Waals surface area contributed by atoms with Crippen molar-refractivity contribution in [2.45, 2.75) is 37.8 Å². The van der Waals surface area contributed by atoms with Crippen LogP contribution < -0.4 is 9.47 Å². The first kappa shape index (κ1) is 28.1. The quantitative estimate of drug-likeness (QED) is 0.274. The van der Waals surface area contributed by atoms with Crippen LogP contribution in [0.3, 0.4) is 0 Å². The lowest BCUT2D eigenvalue weighted by Gasteiger charge is -2.40. The average Bonchev–Trinajstić information content (AvgIpc) is 3.01. The molecule has 2 heterocycles. The minimum atomic E-state index is -0.00176. The van der Waals surface area contributed by atoms with E-state index in [-0.39, 0.29) is 23.6 Å². The summed E-state index contributed by atoms with van der Waals surface area (Å²) in [6, 6.07) is 24.9. The van der Waals surface area contributed by atoms with Crippen LogP contribution in [0.5, 0.6) is 23.0 Å². The fourth-order valence-corrected chi connectivity index (χ4v) is 6.96. The molecule has 2 N–H and O–H groups in total. The van der Waals surface area contributed by atoms with E-state index >= 15 is 0 Å². The minimum Gasteiger partial charge on any atom is -0.504 e. The molecular weight excluding hydrogens is 524 g/mol. The summed E-state index contributed by atoms with van der Waals surface area (Å²) < 4.78 is 11.5. The molecule has 0 bridgehead atoms. The van der Waals surface area contributed by atoms with E-state index in [1.165, 1.54) is 11.1 Å². The van der Waals surface area contributed by atoms with E-state index in [1.807, 2.05) is 24.3 Å². The van der Waals surface area contributed by atoms with Gasteiger partial charge in [-0.05, 0) is 85.3 Å². The summed E-state index contributed by atoms with van der Waals surface area (Å²) in [6.45, 7) is 1.78. The summed E-state index contributed by atoms with van der Waals surface area (Å²) in [5, 5.41) is 24.0. The lowest BCUT2D eigenvalue weighted by molar-refractivity contribution is 0.226. The molecule has 0 unspecified atom stereocenters. The van der Waals surface area contributed by atoms with E-state index in [0.29, 0.717) is 22.6 Å². The molecule has 0 spiro atoms. The molecule has 0 radical (unpaired) electrons.